The number of benzene rings is 3. The normalized spacial score (nSPS) is 13.5. The summed E-state index contributed by atoms with van der Waals surface area (Å²) in [6.45, 7) is 4.13. The molecule has 3 aromatic rings. The number of nitrogens with two attached hydrogens (primary N) is 3. The molecule has 4 rings (SSSR count). The minimum absolute atomic E-state index is 0.0138. The maximum absolute atomic E-state index is 13.7. The molecule has 0 saturated heterocycles. The molecule has 11 nitrogen and oxygen atoms in total. The lowest BCUT2D eigenvalue weighted by Crippen LogP contribution is -2.26. The van der Waals surface area contributed by atoms with Crippen molar-refractivity contribution in [2.75, 3.05) is 17.2 Å². The van der Waals surface area contributed by atoms with Crippen molar-refractivity contribution in [3.05, 3.63) is 63.2 Å². The number of rotatable bonds is 3. The molecule has 0 fully saturated rings. The SMILES string of the molecule is Cc1c(N)c(C)c(S(=O)(=O)O)c(C)c1-c1c(N)c(S(=O)(=O)O)c(N)c2c1C(=O)c1ccccc1C2=O. The van der Waals surface area contributed by atoms with E-state index in [0.717, 1.165) is 0 Å². The Morgan fingerprint density at radius 3 is 1.50 bits per heavy atom. The van der Waals surface area contributed by atoms with Crippen LogP contribution < -0.4 is 17.2 Å². The Kier molecular flexibility index (Phi) is 5.53. The van der Waals surface area contributed by atoms with Gasteiger partial charge in [0.05, 0.1) is 16.9 Å². The van der Waals surface area contributed by atoms with Crippen LogP contribution in [0, 0.1) is 20.8 Å². The highest BCUT2D eigenvalue weighted by molar-refractivity contribution is 7.86. The molecule has 8 N–H and O–H groups in total. The summed E-state index contributed by atoms with van der Waals surface area (Å²) in [5, 5.41) is 0. The van der Waals surface area contributed by atoms with Crippen molar-refractivity contribution in [2.45, 2.75) is 30.6 Å². The molecule has 0 heterocycles. The van der Waals surface area contributed by atoms with Gasteiger partial charge in [-0.2, -0.15) is 16.8 Å². The Morgan fingerprint density at radius 2 is 1.03 bits per heavy atom. The first-order valence-corrected chi connectivity index (χ1v) is 13.2. The van der Waals surface area contributed by atoms with Gasteiger partial charge in [-0.05, 0) is 43.0 Å². The second-order valence-electron chi connectivity index (χ2n) is 8.43. The van der Waals surface area contributed by atoms with Gasteiger partial charge in [0.25, 0.3) is 20.2 Å². The molecule has 0 saturated carbocycles. The van der Waals surface area contributed by atoms with E-state index >= 15 is 0 Å². The second kappa shape index (κ2) is 7.86. The molecule has 188 valence electrons. The Hall–Kier alpha value is -3.78. The van der Waals surface area contributed by atoms with Gasteiger partial charge in [0.1, 0.15) is 9.79 Å². The standard InChI is InChI=1S/C23H21N3O8S2/c1-8-13(9(2)22(35(29,30)31)10(3)17(8)24)14-15-16(19(26)23(18(14)25)36(32,33)34)21(28)12-7-5-4-6-11(12)20(15)27/h4-7H,24-26H2,1-3H3,(H,29,30,31)(H,32,33,34). The van der Waals surface area contributed by atoms with Gasteiger partial charge >= 0.3 is 0 Å². The third-order valence-corrected chi connectivity index (χ3v) is 8.49. The summed E-state index contributed by atoms with van der Waals surface area (Å²) in [4.78, 5) is 25.6. The van der Waals surface area contributed by atoms with E-state index in [0.29, 0.717) is 0 Å². The fourth-order valence-electron chi connectivity index (χ4n) is 4.89. The van der Waals surface area contributed by atoms with Crippen LogP contribution in [0.5, 0.6) is 0 Å². The summed E-state index contributed by atoms with van der Waals surface area (Å²) in [6, 6.07) is 5.77. The van der Waals surface area contributed by atoms with Crippen LogP contribution in [0.4, 0.5) is 17.1 Å². The average molecular weight is 532 g/mol. The number of hydrogen-bond donors (Lipinski definition) is 5. The topological polar surface area (TPSA) is 221 Å². The van der Waals surface area contributed by atoms with Gasteiger partial charge in [0, 0.05) is 27.9 Å². The molecule has 36 heavy (non-hydrogen) atoms. The van der Waals surface area contributed by atoms with Crippen LogP contribution in [-0.4, -0.2) is 37.5 Å². The monoisotopic (exact) mass is 531 g/mol. The van der Waals surface area contributed by atoms with Crippen LogP contribution in [0.1, 0.15) is 48.5 Å². The largest absolute Gasteiger partial charge is 0.398 e. The molecule has 0 spiro atoms. The summed E-state index contributed by atoms with van der Waals surface area (Å²) >= 11 is 0. The molecule has 0 atom stereocenters. The van der Waals surface area contributed by atoms with E-state index in [9.17, 15) is 35.5 Å². The number of fused-ring (bicyclic) bond motifs is 2. The van der Waals surface area contributed by atoms with Crippen molar-refractivity contribution in [1.82, 2.24) is 0 Å². The molecular weight excluding hydrogens is 510 g/mol. The first-order valence-electron chi connectivity index (χ1n) is 10.3. The zero-order valence-corrected chi connectivity index (χ0v) is 20.8. The summed E-state index contributed by atoms with van der Waals surface area (Å²) in [7, 11) is -9.99. The molecule has 0 amide bonds. The van der Waals surface area contributed by atoms with E-state index in [4.69, 9.17) is 17.2 Å². The Morgan fingerprint density at radius 1 is 0.583 bits per heavy atom. The smallest absolute Gasteiger partial charge is 0.298 e. The maximum Gasteiger partial charge on any atom is 0.298 e. The number of carbonyl (C=O) groups excluding carboxylic acids is 2. The van der Waals surface area contributed by atoms with Crippen molar-refractivity contribution in [2.24, 2.45) is 0 Å². The molecule has 1 aliphatic carbocycles. The van der Waals surface area contributed by atoms with Crippen LogP contribution in [0.15, 0.2) is 34.1 Å². The highest BCUT2D eigenvalue weighted by Crippen LogP contribution is 2.49. The van der Waals surface area contributed by atoms with E-state index in [-0.39, 0.29) is 50.2 Å². The molecule has 0 radical (unpaired) electrons. The van der Waals surface area contributed by atoms with Crippen LogP contribution in [0.3, 0.4) is 0 Å². The highest BCUT2D eigenvalue weighted by Gasteiger charge is 2.40. The van der Waals surface area contributed by atoms with Crippen LogP contribution in [0.2, 0.25) is 0 Å². The molecule has 0 unspecified atom stereocenters. The van der Waals surface area contributed by atoms with Crippen LogP contribution in [0.25, 0.3) is 11.1 Å². The quantitative estimate of drug-likeness (QED) is 0.190. The Labute approximate surface area is 206 Å². The van der Waals surface area contributed by atoms with Crippen molar-refractivity contribution >= 4 is 48.9 Å². The van der Waals surface area contributed by atoms with Crippen LogP contribution >= 0.6 is 0 Å². The highest BCUT2D eigenvalue weighted by atomic mass is 32.2. The van der Waals surface area contributed by atoms with Crippen molar-refractivity contribution in [3.63, 3.8) is 0 Å². The van der Waals surface area contributed by atoms with Gasteiger partial charge in [-0.1, -0.05) is 24.3 Å². The summed E-state index contributed by atoms with van der Waals surface area (Å²) in [5.41, 5.74) is 15.5. The molecular formula is C23H21N3O8S2. The minimum atomic E-state index is -5.14. The molecule has 0 aromatic heterocycles. The van der Waals surface area contributed by atoms with Gasteiger partial charge in [0.15, 0.2) is 11.6 Å². The average Bonchev–Trinajstić information content (AvgIpc) is 2.75. The third-order valence-electron chi connectivity index (χ3n) is 6.40. The lowest BCUT2D eigenvalue weighted by Gasteiger charge is -2.27. The van der Waals surface area contributed by atoms with Crippen LogP contribution in [-0.2, 0) is 20.2 Å². The zero-order chi connectivity index (χ0) is 27.1. The fourth-order valence-corrected chi connectivity index (χ4v) is 6.64. The first kappa shape index (κ1) is 25.3. The second-order valence-corrected chi connectivity index (χ2v) is 11.1. The van der Waals surface area contributed by atoms with E-state index in [1.807, 2.05) is 0 Å². The lowest BCUT2D eigenvalue weighted by molar-refractivity contribution is 0.0980. The first-order chi connectivity index (χ1) is 16.5. The number of carbonyl (C=O) groups is 2. The van der Waals surface area contributed by atoms with Gasteiger partial charge in [-0.15, -0.1) is 0 Å². The van der Waals surface area contributed by atoms with Gasteiger partial charge in [-0.3, -0.25) is 18.7 Å². The molecule has 13 heteroatoms. The van der Waals surface area contributed by atoms with Crippen molar-refractivity contribution in [3.8, 4) is 11.1 Å². The number of anilines is 3. The van der Waals surface area contributed by atoms with Crippen molar-refractivity contribution < 1.29 is 35.5 Å². The summed E-state index contributed by atoms with van der Waals surface area (Å²) in [5.74, 6) is -1.53. The predicted molar refractivity (Wildman–Crippen MR) is 132 cm³/mol. The zero-order valence-electron chi connectivity index (χ0n) is 19.2. The maximum atomic E-state index is 13.7. The van der Waals surface area contributed by atoms with Crippen molar-refractivity contribution in [1.29, 1.82) is 0 Å². The number of hydrogen-bond acceptors (Lipinski definition) is 9. The minimum Gasteiger partial charge on any atom is -0.398 e. The third kappa shape index (κ3) is 3.39. The Balaban J connectivity index is 2.35. The van der Waals surface area contributed by atoms with Gasteiger partial charge in [-0.25, -0.2) is 0 Å². The fraction of sp³-hybridized carbons (Fsp3) is 0.130. The number of ketones is 2. The molecule has 3 aromatic carbocycles. The van der Waals surface area contributed by atoms with E-state index in [2.05, 4.69) is 0 Å². The summed E-state index contributed by atoms with van der Waals surface area (Å²) in [6.07, 6.45) is 0. The number of nitrogen functional groups attached to an aromatic ring is 3. The van der Waals surface area contributed by atoms with E-state index in [1.54, 1.807) is 0 Å². The van der Waals surface area contributed by atoms with Gasteiger partial charge in [0.2, 0.25) is 0 Å². The molecule has 0 bridgehead atoms. The van der Waals surface area contributed by atoms with Gasteiger partial charge < -0.3 is 17.2 Å². The molecule has 1 aliphatic rings. The Bertz CT molecular complexity index is 1780. The lowest BCUT2D eigenvalue weighted by atomic mass is 9.77. The summed E-state index contributed by atoms with van der Waals surface area (Å²) < 4.78 is 69.0. The molecule has 0 aliphatic heterocycles. The predicted octanol–water partition coefficient (Wildman–Crippen LogP) is 2.29. The van der Waals surface area contributed by atoms with E-state index in [1.165, 1.54) is 45.0 Å². The van der Waals surface area contributed by atoms with E-state index < -0.39 is 58.5 Å².